The summed E-state index contributed by atoms with van der Waals surface area (Å²) >= 11 is 0. The Balaban J connectivity index is 1.99. The first kappa shape index (κ1) is 22.9. The molecule has 29 heavy (non-hydrogen) atoms. The van der Waals surface area contributed by atoms with Crippen LogP contribution in [0.1, 0.15) is 26.3 Å². The molecule has 0 bridgehead atoms. The maximum absolute atomic E-state index is 12.5. The first-order valence-corrected chi connectivity index (χ1v) is 10.8. The summed E-state index contributed by atoms with van der Waals surface area (Å²) in [7, 11) is -2.23. The Labute approximate surface area is 172 Å². The van der Waals surface area contributed by atoms with E-state index in [1.54, 1.807) is 40.0 Å². The van der Waals surface area contributed by atoms with Crippen LogP contribution in [-0.2, 0) is 21.2 Å². The van der Waals surface area contributed by atoms with Crippen LogP contribution in [0.5, 0.6) is 5.75 Å². The maximum atomic E-state index is 12.5. The lowest BCUT2D eigenvalue weighted by Crippen LogP contribution is -2.42. The van der Waals surface area contributed by atoms with E-state index in [0.717, 1.165) is 5.56 Å². The topological polar surface area (TPSA) is 105 Å². The fourth-order valence-corrected chi connectivity index (χ4v) is 3.75. The monoisotopic (exact) mass is 420 g/mol. The lowest BCUT2D eigenvalue weighted by molar-refractivity contribution is -0.118. The summed E-state index contributed by atoms with van der Waals surface area (Å²) in [6, 6.07) is 13.1. The zero-order valence-corrected chi connectivity index (χ0v) is 17.9. The molecule has 1 unspecified atom stereocenters. The largest absolute Gasteiger partial charge is 0.497 e. The van der Waals surface area contributed by atoms with Crippen molar-refractivity contribution in [1.29, 1.82) is 0 Å². The third-order valence-electron chi connectivity index (χ3n) is 4.34. The van der Waals surface area contributed by atoms with Gasteiger partial charge in [0.05, 0.1) is 17.6 Å². The fraction of sp³-hybridized carbons (Fsp3) is 0.381. The van der Waals surface area contributed by atoms with Gasteiger partial charge in [-0.25, -0.2) is 13.1 Å². The number of benzene rings is 2. The van der Waals surface area contributed by atoms with Crippen molar-refractivity contribution in [2.45, 2.75) is 37.7 Å². The number of carbonyl (C=O) groups is 1. The van der Waals surface area contributed by atoms with Gasteiger partial charge in [-0.1, -0.05) is 26.0 Å². The molecule has 8 heteroatoms. The molecule has 0 spiro atoms. The van der Waals surface area contributed by atoms with Crippen molar-refractivity contribution in [3.05, 3.63) is 54.1 Å². The Morgan fingerprint density at radius 2 is 1.69 bits per heavy atom. The minimum Gasteiger partial charge on any atom is -0.497 e. The predicted octanol–water partition coefficient (Wildman–Crippen LogP) is 2.56. The van der Waals surface area contributed by atoms with Gasteiger partial charge in [0.2, 0.25) is 15.9 Å². The predicted molar refractivity (Wildman–Crippen MR) is 112 cm³/mol. The quantitative estimate of drug-likeness (QED) is 0.578. The van der Waals surface area contributed by atoms with Crippen LogP contribution in [0, 0.1) is 5.92 Å². The number of sulfonamides is 1. The van der Waals surface area contributed by atoms with Gasteiger partial charge in [0, 0.05) is 24.6 Å². The number of amides is 1. The van der Waals surface area contributed by atoms with E-state index < -0.39 is 15.6 Å². The summed E-state index contributed by atoms with van der Waals surface area (Å²) in [5.41, 5.74) is 0.113. The highest BCUT2D eigenvalue weighted by atomic mass is 32.2. The van der Waals surface area contributed by atoms with Gasteiger partial charge in [-0.15, -0.1) is 0 Å². The van der Waals surface area contributed by atoms with Gasteiger partial charge < -0.3 is 15.2 Å². The Kier molecular flexibility index (Phi) is 7.40. The van der Waals surface area contributed by atoms with E-state index in [1.807, 2.05) is 12.1 Å². The highest BCUT2D eigenvalue weighted by molar-refractivity contribution is 7.89. The summed E-state index contributed by atoms with van der Waals surface area (Å²) in [6.07, 6.45) is 0.277. The van der Waals surface area contributed by atoms with Gasteiger partial charge in [-0.2, -0.15) is 0 Å². The third kappa shape index (κ3) is 6.85. The first-order valence-electron chi connectivity index (χ1n) is 9.28. The number of rotatable bonds is 9. The van der Waals surface area contributed by atoms with E-state index in [9.17, 15) is 18.3 Å². The summed E-state index contributed by atoms with van der Waals surface area (Å²) < 4.78 is 32.6. The van der Waals surface area contributed by atoms with Crippen LogP contribution in [0.4, 0.5) is 5.69 Å². The standard InChI is InChI=1S/C21H28N2O5S/c1-15(2)20(24)23-17-7-11-19(12-8-17)29(26,27)22-14-21(3,25)13-16-5-9-18(28-4)10-6-16/h5-12,15,22,25H,13-14H2,1-4H3,(H,23,24). The van der Waals surface area contributed by atoms with Crippen LogP contribution in [0.15, 0.2) is 53.4 Å². The highest BCUT2D eigenvalue weighted by Gasteiger charge is 2.25. The van der Waals surface area contributed by atoms with Crippen molar-refractivity contribution in [3.8, 4) is 5.75 Å². The molecule has 0 aliphatic carbocycles. The second-order valence-corrected chi connectivity index (χ2v) is 9.28. The molecule has 0 aromatic heterocycles. The number of ether oxygens (including phenoxy) is 1. The third-order valence-corrected chi connectivity index (χ3v) is 5.76. The van der Waals surface area contributed by atoms with Crippen LogP contribution >= 0.6 is 0 Å². The van der Waals surface area contributed by atoms with Crippen molar-refractivity contribution < 1.29 is 23.1 Å². The highest BCUT2D eigenvalue weighted by Crippen LogP contribution is 2.18. The molecule has 0 saturated carbocycles. The molecule has 0 saturated heterocycles. The number of carbonyl (C=O) groups excluding carboxylic acids is 1. The van der Waals surface area contributed by atoms with Crippen LogP contribution in [-0.4, -0.2) is 38.7 Å². The molecule has 0 aliphatic heterocycles. The second kappa shape index (κ2) is 9.39. The molecule has 1 amide bonds. The molecule has 2 rings (SSSR count). The van der Waals surface area contributed by atoms with Crippen molar-refractivity contribution in [2.24, 2.45) is 5.92 Å². The van der Waals surface area contributed by atoms with E-state index in [-0.39, 0.29) is 29.7 Å². The Morgan fingerprint density at radius 1 is 1.10 bits per heavy atom. The van der Waals surface area contributed by atoms with E-state index >= 15 is 0 Å². The normalized spacial score (nSPS) is 13.7. The molecule has 0 fully saturated rings. The maximum Gasteiger partial charge on any atom is 0.240 e. The molecule has 0 aliphatic rings. The number of nitrogens with one attached hydrogen (secondary N) is 2. The van der Waals surface area contributed by atoms with E-state index in [4.69, 9.17) is 4.74 Å². The molecular formula is C21H28N2O5S. The number of methoxy groups -OCH3 is 1. The number of hydrogen-bond donors (Lipinski definition) is 3. The number of aliphatic hydroxyl groups is 1. The van der Waals surface area contributed by atoms with Crippen LogP contribution in [0.3, 0.4) is 0 Å². The molecule has 158 valence electrons. The number of hydrogen-bond acceptors (Lipinski definition) is 5. The summed E-state index contributed by atoms with van der Waals surface area (Å²) in [5.74, 6) is 0.392. The first-order chi connectivity index (χ1) is 13.5. The zero-order valence-electron chi connectivity index (χ0n) is 17.1. The summed E-state index contributed by atoms with van der Waals surface area (Å²) in [5, 5.41) is 13.3. The smallest absolute Gasteiger partial charge is 0.240 e. The van der Waals surface area contributed by atoms with Gasteiger partial charge in [0.15, 0.2) is 0 Å². The average molecular weight is 421 g/mol. The van der Waals surface area contributed by atoms with Crippen molar-refractivity contribution in [3.63, 3.8) is 0 Å². The van der Waals surface area contributed by atoms with Crippen LogP contribution < -0.4 is 14.8 Å². The van der Waals surface area contributed by atoms with Crippen molar-refractivity contribution in [1.82, 2.24) is 4.72 Å². The van der Waals surface area contributed by atoms with E-state index in [0.29, 0.717) is 11.4 Å². The van der Waals surface area contributed by atoms with Gasteiger partial charge >= 0.3 is 0 Å². The van der Waals surface area contributed by atoms with Crippen LogP contribution in [0.25, 0.3) is 0 Å². The molecule has 2 aromatic rings. The van der Waals surface area contributed by atoms with E-state index in [1.165, 1.54) is 24.3 Å². The molecular weight excluding hydrogens is 392 g/mol. The molecule has 2 aromatic carbocycles. The zero-order chi connectivity index (χ0) is 21.7. The second-order valence-electron chi connectivity index (χ2n) is 7.51. The van der Waals surface area contributed by atoms with Crippen molar-refractivity contribution in [2.75, 3.05) is 19.0 Å². The lowest BCUT2D eigenvalue weighted by Gasteiger charge is -2.24. The molecule has 3 N–H and O–H groups in total. The molecule has 0 radical (unpaired) electrons. The van der Waals surface area contributed by atoms with Gasteiger partial charge in [-0.05, 0) is 48.9 Å². The van der Waals surface area contributed by atoms with Gasteiger partial charge in [0.25, 0.3) is 0 Å². The Bertz CT molecular complexity index is 921. The lowest BCUT2D eigenvalue weighted by atomic mass is 9.97. The molecule has 0 heterocycles. The Hall–Kier alpha value is -2.42. The molecule has 7 nitrogen and oxygen atoms in total. The van der Waals surface area contributed by atoms with Gasteiger partial charge in [0.1, 0.15) is 5.75 Å². The van der Waals surface area contributed by atoms with E-state index in [2.05, 4.69) is 10.0 Å². The SMILES string of the molecule is COc1ccc(CC(C)(O)CNS(=O)(=O)c2ccc(NC(=O)C(C)C)cc2)cc1. The minimum atomic E-state index is -3.80. The Morgan fingerprint density at radius 3 is 2.21 bits per heavy atom. The van der Waals surface area contributed by atoms with Gasteiger partial charge in [-0.3, -0.25) is 4.79 Å². The number of anilines is 1. The fourth-order valence-electron chi connectivity index (χ4n) is 2.58. The minimum absolute atomic E-state index is 0.0558. The van der Waals surface area contributed by atoms with Crippen molar-refractivity contribution >= 4 is 21.6 Å². The summed E-state index contributed by atoms with van der Waals surface area (Å²) in [4.78, 5) is 11.8. The summed E-state index contributed by atoms with van der Waals surface area (Å²) in [6.45, 7) is 4.98. The average Bonchev–Trinajstić information content (AvgIpc) is 2.67. The van der Waals surface area contributed by atoms with Crippen LogP contribution in [0.2, 0.25) is 0 Å². The molecule has 1 atom stereocenters.